The number of carbonyl (C=O) groups excluding carboxylic acids is 3. The van der Waals surface area contributed by atoms with Crippen molar-refractivity contribution in [2.24, 2.45) is 5.92 Å². The fraction of sp³-hybridized carbons (Fsp3) is 0.375. The Labute approximate surface area is 182 Å². The van der Waals surface area contributed by atoms with Crippen LogP contribution in [-0.4, -0.2) is 56.0 Å². The summed E-state index contributed by atoms with van der Waals surface area (Å²) in [5.41, 5.74) is 2.65. The minimum atomic E-state index is -0.434. The lowest BCUT2D eigenvalue weighted by molar-refractivity contribution is -0.132. The van der Waals surface area contributed by atoms with Crippen LogP contribution in [-0.2, 0) is 9.53 Å². The van der Waals surface area contributed by atoms with E-state index in [1.807, 2.05) is 29.2 Å². The van der Waals surface area contributed by atoms with Crippen molar-refractivity contribution in [1.29, 1.82) is 0 Å². The summed E-state index contributed by atoms with van der Waals surface area (Å²) in [7, 11) is 1.32. The minimum Gasteiger partial charge on any atom is -0.465 e. The molecule has 2 aliphatic rings. The normalized spacial score (nSPS) is 16.4. The van der Waals surface area contributed by atoms with Crippen LogP contribution in [0, 0.1) is 5.92 Å². The van der Waals surface area contributed by atoms with Gasteiger partial charge in [0.15, 0.2) is 0 Å². The number of benzene rings is 2. The Morgan fingerprint density at radius 3 is 2.19 bits per heavy atom. The molecular formula is C24H27N3O4. The van der Waals surface area contributed by atoms with Crippen molar-refractivity contribution in [1.82, 2.24) is 4.90 Å². The topological polar surface area (TPSA) is 79.0 Å². The SMILES string of the molecule is COC(=O)c1ccc(C(=O)Nc2ccc(N3CCCN(C(=O)C4CC4)CC3)cc2)cc1. The average molecular weight is 421 g/mol. The molecule has 31 heavy (non-hydrogen) atoms. The standard InChI is InChI=1S/C24H27N3O4/c1-31-24(30)19-7-3-17(4-8-19)22(28)25-20-9-11-21(12-10-20)26-13-2-14-27(16-15-26)23(29)18-5-6-18/h3-4,7-12,18H,2,5-6,13-16H2,1H3,(H,25,28). The fourth-order valence-corrected chi connectivity index (χ4v) is 3.82. The summed E-state index contributed by atoms with van der Waals surface area (Å²) < 4.78 is 4.67. The molecule has 0 radical (unpaired) electrons. The highest BCUT2D eigenvalue weighted by Crippen LogP contribution is 2.31. The Kier molecular flexibility index (Phi) is 6.21. The number of rotatable bonds is 5. The third kappa shape index (κ3) is 5.05. The van der Waals surface area contributed by atoms with Crippen LogP contribution >= 0.6 is 0 Å². The lowest BCUT2D eigenvalue weighted by Crippen LogP contribution is -2.36. The van der Waals surface area contributed by atoms with Crippen molar-refractivity contribution in [3.05, 3.63) is 59.7 Å². The molecule has 7 heteroatoms. The second-order valence-corrected chi connectivity index (χ2v) is 8.01. The monoisotopic (exact) mass is 421 g/mol. The lowest BCUT2D eigenvalue weighted by Gasteiger charge is -2.24. The summed E-state index contributed by atoms with van der Waals surface area (Å²) in [5.74, 6) is -0.0881. The zero-order valence-electron chi connectivity index (χ0n) is 17.7. The highest BCUT2D eigenvalue weighted by Gasteiger charge is 2.33. The molecular weight excluding hydrogens is 394 g/mol. The highest BCUT2D eigenvalue weighted by molar-refractivity contribution is 6.04. The first kappa shape index (κ1) is 20.9. The predicted octanol–water partition coefficient (Wildman–Crippen LogP) is 3.17. The van der Waals surface area contributed by atoms with Crippen LogP contribution < -0.4 is 10.2 Å². The van der Waals surface area contributed by atoms with Gasteiger partial charge in [0.05, 0.1) is 12.7 Å². The predicted molar refractivity (Wildman–Crippen MR) is 118 cm³/mol. The van der Waals surface area contributed by atoms with E-state index in [0.29, 0.717) is 22.7 Å². The third-order valence-corrected chi connectivity index (χ3v) is 5.79. The van der Waals surface area contributed by atoms with Gasteiger partial charge in [-0.25, -0.2) is 4.79 Å². The molecule has 2 amide bonds. The van der Waals surface area contributed by atoms with Gasteiger partial charge in [-0.15, -0.1) is 0 Å². The molecule has 0 unspecified atom stereocenters. The van der Waals surface area contributed by atoms with Gasteiger partial charge < -0.3 is 19.9 Å². The number of nitrogens with zero attached hydrogens (tertiary/aromatic N) is 2. The van der Waals surface area contributed by atoms with E-state index in [2.05, 4.69) is 15.0 Å². The molecule has 0 spiro atoms. The van der Waals surface area contributed by atoms with Crippen molar-refractivity contribution < 1.29 is 19.1 Å². The molecule has 2 aromatic rings. The number of ether oxygens (including phenoxy) is 1. The average Bonchev–Trinajstić information content (AvgIpc) is 3.66. The molecule has 1 N–H and O–H groups in total. The van der Waals surface area contributed by atoms with Gasteiger partial charge in [0.25, 0.3) is 5.91 Å². The zero-order valence-corrected chi connectivity index (χ0v) is 17.7. The van der Waals surface area contributed by atoms with Gasteiger partial charge in [0.2, 0.25) is 5.91 Å². The summed E-state index contributed by atoms with van der Waals surface area (Å²) in [4.78, 5) is 40.6. The van der Waals surface area contributed by atoms with E-state index in [0.717, 1.165) is 51.1 Å². The molecule has 0 aromatic heterocycles. The molecule has 2 fully saturated rings. The van der Waals surface area contributed by atoms with Crippen LogP contribution in [0.25, 0.3) is 0 Å². The van der Waals surface area contributed by atoms with Gasteiger partial charge in [-0.2, -0.15) is 0 Å². The van der Waals surface area contributed by atoms with Gasteiger partial charge in [0, 0.05) is 49.0 Å². The summed E-state index contributed by atoms with van der Waals surface area (Å²) in [6.07, 6.45) is 3.04. The zero-order chi connectivity index (χ0) is 21.8. The van der Waals surface area contributed by atoms with E-state index in [1.54, 1.807) is 24.3 Å². The van der Waals surface area contributed by atoms with Crippen molar-refractivity contribution in [3.8, 4) is 0 Å². The first-order chi connectivity index (χ1) is 15.0. The smallest absolute Gasteiger partial charge is 0.337 e. The maximum absolute atomic E-state index is 12.5. The van der Waals surface area contributed by atoms with Gasteiger partial charge in [-0.05, 0) is 67.8 Å². The molecule has 1 saturated carbocycles. The van der Waals surface area contributed by atoms with Crippen LogP contribution in [0.4, 0.5) is 11.4 Å². The molecule has 2 aromatic carbocycles. The third-order valence-electron chi connectivity index (χ3n) is 5.79. The van der Waals surface area contributed by atoms with E-state index in [-0.39, 0.29) is 11.8 Å². The Balaban J connectivity index is 1.34. The Morgan fingerprint density at radius 1 is 0.871 bits per heavy atom. The molecule has 0 atom stereocenters. The summed E-state index contributed by atoms with van der Waals surface area (Å²) in [6.45, 7) is 3.31. The van der Waals surface area contributed by atoms with Gasteiger partial charge in [-0.1, -0.05) is 0 Å². The maximum Gasteiger partial charge on any atom is 0.337 e. The molecule has 1 saturated heterocycles. The van der Waals surface area contributed by atoms with E-state index in [1.165, 1.54) is 7.11 Å². The van der Waals surface area contributed by atoms with E-state index in [9.17, 15) is 14.4 Å². The van der Waals surface area contributed by atoms with Gasteiger partial charge >= 0.3 is 5.97 Å². The quantitative estimate of drug-likeness (QED) is 0.751. The molecule has 1 aliphatic heterocycles. The Hall–Kier alpha value is -3.35. The Bertz CT molecular complexity index is 952. The van der Waals surface area contributed by atoms with E-state index < -0.39 is 5.97 Å². The molecule has 4 rings (SSSR count). The van der Waals surface area contributed by atoms with Crippen molar-refractivity contribution in [2.75, 3.05) is 43.5 Å². The van der Waals surface area contributed by atoms with Crippen LogP contribution in [0.2, 0.25) is 0 Å². The molecule has 0 bridgehead atoms. The van der Waals surface area contributed by atoms with Crippen molar-refractivity contribution >= 4 is 29.2 Å². The molecule has 1 aliphatic carbocycles. The lowest BCUT2D eigenvalue weighted by atomic mass is 10.1. The first-order valence-electron chi connectivity index (χ1n) is 10.7. The van der Waals surface area contributed by atoms with Crippen molar-refractivity contribution in [3.63, 3.8) is 0 Å². The number of amides is 2. The number of hydrogen-bond donors (Lipinski definition) is 1. The van der Waals surface area contributed by atoms with E-state index in [4.69, 9.17) is 0 Å². The second-order valence-electron chi connectivity index (χ2n) is 8.01. The molecule has 7 nitrogen and oxygen atoms in total. The number of anilines is 2. The van der Waals surface area contributed by atoms with Crippen LogP contribution in [0.5, 0.6) is 0 Å². The van der Waals surface area contributed by atoms with Gasteiger partial charge in [0.1, 0.15) is 0 Å². The highest BCUT2D eigenvalue weighted by atomic mass is 16.5. The number of esters is 1. The minimum absolute atomic E-state index is 0.242. The largest absolute Gasteiger partial charge is 0.465 e. The summed E-state index contributed by atoms with van der Waals surface area (Å²) in [6, 6.07) is 14.1. The Morgan fingerprint density at radius 2 is 1.55 bits per heavy atom. The van der Waals surface area contributed by atoms with Crippen LogP contribution in [0.15, 0.2) is 48.5 Å². The van der Waals surface area contributed by atoms with Gasteiger partial charge in [-0.3, -0.25) is 9.59 Å². The first-order valence-corrected chi connectivity index (χ1v) is 10.7. The molecule has 1 heterocycles. The number of nitrogens with one attached hydrogen (secondary N) is 1. The fourth-order valence-electron chi connectivity index (χ4n) is 3.82. The number of methoxy groups -OCH3 is 1. The molecule has 162 valence electrons. The summed E-state index contributed by atoms with van der Waals surface area (Å²) >= 11 is 0. The second kappa shape index (κ2) is 9.20. The van der Waals surface area contributed by atoms with Crippen LogP contribution in [0.1, 0.15) is 40.0 Å². The summed E-state index contributed by atoms with van der Waals surface area (Å²) in [5, 5.41) is 2.88. The van der Waals surface area contributed by atoms with Crippen molar-refractivity contribution in [2.45, 2.75) is 19.3 Å². The number of hydrogen-bond acceptors (Lipinski definition) is 5. The van der Waals surface area contributed by atoms with E-state index >= 15 is 0 Å². The number of carbonyl (C=O) groups is 3. The van der Waals surface area contributed by atoms with Crippen LogP contribution in [0.3, 0.4) is 0 Å². The maximum atomic E-state index is 12.5.